The molecule has 0 atom stereocenters. The fraction of sp³-hybridized carbons (Fsp3) is 0.278. The lowest BCUT2D eigenvalue weighted by molar-refractivity contribution is 0.629. The van der Waals surface area contributed by atoms with Crippen molar-refractivity contribution in [2.45, 2.75) is 19.4 Å². The van der Waals surface area contributed by atoms with Crippen molar-refractivity contribution < 1.29 is 4.39 Å². The number of benzene rings is 2. The van der Waals surface area contributed by atoms with Crippen molar-refractivity contribution in [2.75, 3.05) is 23.3 Å². The van der Waals surface area contributed by atoms with Gasteiger partial charge >= 0.3 is 0 Å². The zero-order valence-electron chi connectivity index (χ0n) is 13.8. The minimum atomic E-state index is -0.261. The van der Waals surface area contributed by atoms with Crippen molar-refractivity contribution in [3.63, 3.8) is 0 Å². The molecular weight excluding hydrogens is 319 g/mol. The van der Waals surface area contributed by atoms with Crippen LogP contribution >= 0.6 is 0 Å². The number of aromatic nitrogens is 4. The molecule has 0 unspecified atom stereocenters. The lowest BCUT2D eigenvalue weighted by Gasteiger charge is -2.22. The van der Waals surface area contributed by atoms with E-state index in [1.807, 2.05) is 36.4 Å². The minimum absolute atomic E-state index is 0.261. The number of para-hydroxylation sites is 2. The van der Waals surface area contributed by atoms with Gasteiger partial charge in [0.15, 0.2) is 5.82 Å². The van der Waals surface area contributed by atoms with Crippen LogP contribution in [0.2, 0.25) is 0 Å². The van der Waals surface area contributed by atoms with Crippen molar-refractivity contribution in [3.05, 3.63) is 60.2 Å². The summed E-state index contributed by atoms with van der Waals surface area (Å²) in [5, 5.41) is 15.0. The Hall–Kier alpha value is -2.96. The lowest BCUT2D eigenvalue weighted by Crippen LogP contribution is -2.20. The van der Waals surface area contributed by atoms with Crippen LogP contribution in [0, 0.1) is 5.82 Å². The topological polar surface area (TPSA) is 58.9 Å². The average molecular weight is 338 g/mol. The smallest absolute Gasteiger partial charge is 0.175 e. The van der Waals surface area contributed by atoms with E-state index in [-0.39, 0.29) is 5.82 Å². The fourth-order valence-corrected chi connectivity index (χ4v) is 3.16. The molecule has 1 saturated heterocycles. The highest BCUT2D eigenvalue weighted by Crippen LogP contribution is 2.31. The fourth-order valence-electron chi connectivity index (χ4n) is 3.16. The summed E-state index contributed by atoms with van der Waals surface area (Å²) in [6.45, 7) is 2.25. The Morgan fingerprint density at radius 3 is 2.60 bits per heavy atom. The van der Waals surface area contributed by atoms with E-state index in [2.05, 4.69) is 25.7 Å². The van der Waals surface area contributed by atoms with Gasteiger partial charge in [-0.3, -0.25) is 0 Å². The normalized spacial score (nSPS) is 14.0. The minimum Gasteiger partial charge on any atom is -0.374 e. The molecule has 1 aliphatic rings. The van der Waals surface area contributed by atoms with Gasteiger partial charge in [0, 0.05) is 13.1 Å². The number of hydrogen-bond acceptors (Lipinski definition) is 5. The van der Waals surface area contributed by atoms with Crippen LogP contribution in [0.3, 0.4) is 0 Å². The molecule has 1 N–H and O–H groups in total. The van der Waals surface area contributed by atoms with E-state index in [0.717, 1.165) is 37.3 Å². The van der Waals surface area contributed by atoms with Gasteiger partial charge in [0.1, 0.15) is 5.82 Å². The Morgan fingerprint density at radius 2 is 1.80 bits per heavy atom. The maximum absolute atomic E-state index is 14.4. The molecular formula is C18H19FN6. The van der Waals surface area contributed by atoms with Gasteiger partial charge in [0.2, 0.25) is 0 Å². The van der Waals surface area contributed by atoms with E-state index in [9.17, 15) is 4.39 Å². The average Bonchev–Trinajstić information content (AvgIpc) is 3.33. The van der Waals surface area contributed by atoms with Gasteiger partial charge in [-0.1, -0.05) is 24.3 Å². The van der Waals surface area contributed by atoms with Gasteiger partial charge in [0.25, 0.3) is 0 Å². The second-order valence-corrected chi connectivity index (χ2v) is 6.02. The van der Waals surface area contributed by atoms with Gasteiger partial charge < -0.3 is 10.2 Å². The number of rotatable bonds is 5. The van der Waals surface area contributed by atoms with E-state index in [1.165, 1.54) is 6.07 Å². The highest BCUT2D eigenvalue weighted by Gasteiger charge is 2.18. The third kappa shape index (κ3) is 3.17. The molecule has 128 valence electrons. The van der Waals surface area contributed by atoms with E-state index in [4.69, 9.17) is 0 Å². The quantitative estimate of drug-likeness (QED) is 0.775. The number of nitrogens with zero attached hydrogens (tertiary/aromatic N) is 5. The molecule has 0 aliphatic carbocycles. The van der Waals surface area contributed by atoms with Gasteiger partial charge in [-0.25, -0.2) is 4.39 Å². The van der Waals surface area contributed by atoms with Crippen LogP contribution < -0.4 is 10.2 Å². The summed E-state index contributed by atoms with van der Waals surface area (Å²) in [5.74, 6) is 0.366. The number of tetrazole rings is 1. The third-order valence-electron chi connectivity index (χ3n) is 4.40. The first-order valence-corrected chi connectivity index (χ1v) is 8.43. The molecule has 4 rings (SSSR count). The Balaban J connectivity index is 1.58. The first-order valence-electron chi connectivity index (χ1n) is 8.43. The van der Waals surface area contributed by atoms with Crippen molar-refractivity contribution in [1.29, 1.82) is 0 Å². The molecule has 25 heavy (non-hydrogen) atoms. The summed E-state index contributed by atoms with van der Waals surface area (Å²) in [6, 6.07) is 14.8. The van der Waals surface area contributed by atoms with Crippen LogP contribution in [0.25, 0.3) is 5.69 Å². The van der Waals surface area contributed by atoms with Crippen LogP contribution in [0.15, 0.2) is 48.5 Å². The van der Waals surface area contributed by atoms with Crippen LogP contribution in [0.4, 0.5) is 15.8 Å². The second kappa shape index (κ2) is 6.88. The molecule has 6 nitrogen and oxygen atoms in total. The number of anilines is 2. The first kappa shape index (κ1) is 15.6. The summed E-state index contributed by atoms with van der Waals surface area (Å²) >= 11 is 0. The Bertz CT molecular complexity index is 842. The maximum Gasteiger partial charge on any atom is 0.175 e. The van der Waals surface area contributed by atoms with Gasteiger partial charge in [-0.05, 0) is 47.5 Å². The summed E-state index contributed by atoms with van der Waals surface area (Å²) < 4.78 is 16.1. The van der Waals surface area contributed by atoms with Crippen molar-refractivity contribution in [1.82, 2.24) is 20.2 Å². The molecule has 0 radical (unpaired) electrons. The van der Waals surface area contributed by atoms with E-state index in [0.29, 0.717) is 18.1 Å². The molecule has 1 aromatic heterocycles. The predicted molar refractivity (Wildman–Crippen MR) is 94.3 cm³/mol. The Labute approximate surface area is 145 Å². The number of nitrogens with one attached hydrogen (secondary N) is 1. The van der Waals surface area contributed by atoms with Crippen molar-refractivity contribution >= 4 is 11.4 Å². The molecule has 0 spiro atoms. The monoisotopic (exact) mass is 338 g/mol. The van der Waals surface area contributed by atoms with Crippen LogP contribution in [-0.4, -0.2) is 33.3 Å². The van der Waals surface area contributed by atoms with Gasteiger partial charge in [-0.2, -0.15) is 4.68 Å². The maximum atomic E-state index is 14.4. The first-order chi connectivity index (χ1) is 12.3. The van der Waals surface area contributed by atoms with Crippen LogP contribution in [0.5, 0.6) is 0 Å². The van der Waals surface area contributed by atoms with Crippen LogP contribution in [0.1, 0.15) is 18.7 Å². The highest BCUT2D eigenvalue weighted by atomic mass is 19.1. The van der Waals surface area contributed by atoms with E-state index >= 15 is 0 Å². The highest BCUT2D eigenvalue weighted by molar-refractivity contribution is 5.71. The molecule has 2 aromatic carbocycles. The van der Waals surface area contributed by atoms with Gasteiger partial charge in [-0.15, -0.1) is 5.10 Å². The number of halogens is 1. The van der Waals surface area contributed by atoms with Crippen molar-refractivity contribution in [3.8, 4) is 5.69 Å². The summed E-state index contributed by atoms with van der Waals surface area (Å²) in [5.41, 5.74) is 2.28. The lowest BCUT2D eigenvalue weighted by atomic mass is 10.2. The van der Waals surface area contributed by atoms with Crippen molar-refractivity contribution in [2.24, 2.45) is 0 Å². The molecule has 0 bridgehead atoms. The Kier molecular flexibility index (Phi) is 4.28. The second-order valence-electron chi connectivity index (χ2n) is 6.02. The van der Waals surface area contributed by atoms with E-state index < -0.39 is 0 Å². The molecule has 3 aromatic rings. The largest absolute Gasteiger partial charge is 0.374 e. The summed E-state index contributed by atoms with van der Waals surface area (Å²) in [6.07, 6.45) is 2.28. The van der Waals surface area contributed by atoms with Gasteiger partial charge in [0.05, 0.1) is 23.6 Å². The summed E-state index contributed by atoms with van der Waals surface area (Å²) in [7, 11) is 0. The Morgan fingerprint density at radius 1 is 1.00 bits per heavy atom. The van der Waals surface area contributed by atoms with E-state index in [1.54, 1.807) is 10.7 Å². The summed E-state index contributed by atoms with van der Waals surface area (Å²) in [4.78, 5) is 2.21. The third-order valence-corrected chi connectivity index (χ3v) is 4.40. The molecule has 7 heteroatoms. The standard InChI is InChI=1S/C18H19FN6/c19-15-9-6-10-16(24-11-4-5-12-24)18(15)20-13-17-21-22-23-25(17)14-7-2-1-3-8-14/h1-3,6-10,20H,4-5,11-13H2. The number of hydrogen-bond donors (Lipinski definition) is 1. The molecule has 1 fully saturated rings. The molecule has 0 amide bonds. The molecule has 2 heterocycles. The zero-order chi connectivity index (χ0) is 17.1. The molecule has 0 saturated carbocycles. The predicted octanol–water partition coefficient (Wildman–Crippen LogP) is 3.01. The molecule has 1 aliphatic heterocycles. The SMILES string of the molecule is Fc1cccc(N2CCCC2)c1NCc1nnnn1-c1ccccc1. The zero-order valence-corrected chi connectivity index (χ0v) is 13.8. The van der Waals surface area contributed by atoms with Crippen LogP contribution in [-0.2, 0) is 6.54 Å².